The van der Waals surface area contributed by atoms with Gasteiger partial charge in [-0.15, -0.1) is 11.3 Å². The molecule has 0 aliphatic heterocycles. The van der Waals surface area contributed by atoms with Gasteiger partial charge in [0.1, 0.15) is 16.9 Å². The average molecular weight is 448 g/mol. The van der Waals surface area contributed by atoms with Crippen LogP contribution >= 0.6 is 11.3 Å². The van der Waals surface area contributed by atoms with Gasteiger partial charge in [-0.3, -0.25) is 0 Å². The van der Waals surface area contributed by atoms with Crippen LogP contribution in [-0.4, -0.2) is 39.7 Å². The number of nitrogens with zero attached hydrogens (tertiary/aromatic N) is 4. The number of fused-ring (bicyclic) bond motifs is 1. The maximum Gasteiger partial charge on any atom is 0.340 e. The molecule has 0 aliphatic rings. The van der Waals surface area contributed by atoms with Crippen molar-refractivity contribution in [2.75, 3.05) is 14.2 Å². The highest BCUT2D eigenvalue weighted by atomic mass is 32.1. The van der Waals surface area contributed by atoms with Crippen molar-refractivity contribution in [2.24, 2.45) is 0 Å². The van der Waals surface area contributed by atoms with Crippen molar-refractivity contribution in [3.05, 3.63) is 57.6 Å². The molecule has 0 aromatic carbocycles. The summed E-state index contributed by atoms with van der Waals surface area (Å²) in [4.78, 5) is 25.1. The Kier molecular flexibility index (Phi) is 5.55. The molecule has 162 valence electrons. The molecule has 0 atom stereocenters. The third-order valence-electron chi connectivity index (χ3n) is 5.14. The molecule has 1 N–H and O–H groups in total. The van der Waals surface area contributed by atoms with Gasteiger partial charge >= 0.3 is 5.97 Å². The van der Waals surface area contributed by atoms with Crippen LogP contribution in [-0.2, 0) is 4.74 Å². The van der Waals surface area contributed by atoms with Gasteiger partial charge in [0.2, 0.25) is 5.88 Å². The lowest BCUT2D eigenvalue weighted by atomic mass is 10.1. The summed E-state index contributed by atoms with van der Waals surface area (Å²) in [6, 6.07) is 7.76. The van der Waals surface area contributed by atoms with Crippen LogP contribution in [0.3, 0.4) is 0 Å². The molecular formula is C23H21N5O3S. The molecule has 0 bridgehead atoms. The lowest BCUT2D eigenvalue weighted by molar-refractivity contribution is 0.0601. The molecule has 0 fully saturated rings. The van der Waals surface area contributed by atoms with Crippen molar-refractivity contribution in [3.8, 4) is 17.0 Å². The minimum atomic E-state index is -0.377. The third-order valence-corrected chi connectivity index (χ3v) is 6.18. The van der Waals surface area contributed by atoms with Crippen LogP contribution < -0.4 is 4.74 Å². The normalized spacial score (nSPS) is 11.6. The first-order chi connectivity index (χ1) is 15.4. The Morgan fingerprint density at radius 3 is 2.72 bits per heavy atom. The SMILES string of the molecule is COC(=O)c1cc(C)sc1-n1c(C)cc(/C=C(\C#N)c2nc3cc(OC)ncc3[nH]2)c1C. The van der Waals surface area contributed by atoms with Crippen LogP contribution in [0.4, 0.5) is 0 Å². The molecule has 0 spiro atoms. The number of rotatable bonds is 5. The Balaban J connectivity index is 1.80. The number of nitriles is 1. The molecule has 0 saturated heterocycles. The zero-order chi connectivity index (χ0) is 23.0. The van der Waals surface area contributed by atoms with Gasteiger partial charge in [-0.2, -0.15) is 5.26 Å². The Morgan fingerprint density at radius 2 is 2.03 bits per heavy atom. The number of carbonyl (C=O) groups excluding carboxylic acids is 1. The van der Waals surface area contributed by atoms with E-state index in [-0.39, 0.29) is 5.97 Å². The van der Waals surface area contributed by atoms with Gasteiger partial charge < -0.3 is 19.0 Å². The van der Waals surface area contributed by atoms with Crippen LogP contribution in [0.2, 0.25) is 0 Å². The van der Waals surface area contributed by atoms with E-state index in [4.69, 9.17) is 9.47 Å². The number of pyridine rings is 1. The van der Waals surface area contributed by atoms with Crippen LogP contribution in [0.15, 0.2) is 24.4 Å². The second-order valence-corrected chi connectivity index (χ2v) is 8.46. The van der Waals surface area contributed by atoms with E-state index in [0.717, 1.165) is 26.8 Å². The highest BCUT2D eigenvalue weighted by Crippen LogP contribution is 2.32. The minimum Gasteiger partial charge on any atom is -0.481 e. The van der Waals surface area contributed by atoms with Crippen molar-refractivity contribution in [1.82, 2.24) is 19.5 Å². The van der Waals surface area contributed by atoms with Gasteiger partial charge in [0, 0.05) is 22.3 Å². The number of esters is 1. The standard InChI is InChI=1S/C23H21N5O3S/c1-12-6-15(14(3)28(12)22-17(23(29)31-5)7-13(2)32-22)8-16(10-24)21-26-18-9-20(30-4)25-11-19(18)27-21/h6-9,11H,1-5H3,(H,26,27)/b16-8+. The van der Waals surface area contributed by atoms with E-state index in [2.05, 4.69) is 21.0 Å². The van der Waals surface area contributed by atoms with E-state index < -0.39 is 0 Å². The smallest absolute Gasteiger partial charge is 0.340 e. The number of nitrogens with one attached hydrogen (secondary N) is 1. The second-order valence-electron chi connectivity index (χ2n) is 7.23. The van der Waals surface area contributed by atoms with Gasteiger partial charge in [-0.1, -0.05) is 0 Å². The van der Waals surface area contributed by atoms with E-state index in [0.29, 0.717) is 33.9 Å². The number of aryl methyl sites for hydroxylation is 2. The van der Waals surface area contributed by atoms with Crippen molar-refractivity contribution < 1.29 is 14.3 Å². The molecule has 9 heteroatoms. The molecule has 0 radical (unpaired) electrons. The molecule has 32 heavy (non-hydrogen) atoms. The molecule has 4 heterocycles. The summed E-state index contributed by atoms with van der Waals surface area (Å²) >= 11 is 1.52. The highest BCUT2D eigenvalue weighted by Gasteiger charge is 2.21. The third kappa shape index (κ3) is 3.65. The highest BCUT2D eigenvalue weighted by molar-refractivity contribution is 7.14. The predicted octanol–water partition coefficient (Wildman–Crippen LogP) is 4.59. The van der Waals surface area contributed by atoms with Gasteiger partial charge in [-0.05, 0) is 44.5 Å². The number of ether oxygens (including phenoxy) is 2. The fourth-order valence-corrected chi connectivity index (χ4v) is 4.72. The minimum absolute atomic E-state index is 0.377. The topological polar surface area (TPSA) is 106 Å². The number of methoxy groups -OCH3 is 2. The number of aromatic amines is 1. The number of hydrogen-bond donors (Lipinski definition) is 1. The van der Waals surface area contributed by atoms with E-state index in [1.807, 2.05) is 37.5 Å². The molecule has 0 unspecified atom stereocenters. The second kappa shape index (κ2) is 8.32. The summed E-state index contributed by atoms with van der Waals surface area (Å²) in [7, 11) is 2.92. The Bertz CT molecular complexity index is 1420. The molecule has 4 rings (SSSR count). The number of allylic oxidation sites excluding steroid dienone is 1. The lowest BCUT2D eigenvalue weighted by Crippen LogP contribution is -2.06. The number of hydrogen-bond acceptors (Lipinski definition) is 7. The number of H-pyrrole nitrogens is 1. The Morgan fingerprint density at radius 1 is 1.25 bits per heavy atom. The monoisotopic (exact) mass is 447 g/mol. The van der Waals surface area contributed by atoms with E-state index in [1.165, 1.54) is 18.4 Å². The maximum absolute atomic E-state index is 12.3. The molecule has 0 aliphatic carbocycles. The van der Waals surface area contributed by atoms with Gasteiger partial charge in [-0.25, -0.2) is 14.8 Å². The number of thiophene rings is 1. The van der Waals surface area contributed by atoms with Crippen molar-refractivity contribution in [2.45, 2.75) is 20.8 Å². The quantitative estimate of drug-likeness (QED) is 0.354. The number of carbonyl (C=O) groups is 1. The molecule has 8 nitrogen and oxygen atoms in total. The van der Waals surface area contributed by atoms with Crippen LogP contribution in [0.25, 0.3) is 27.7 Å². The lowest BCUT2D eigenvalue weighted by Gasteiger charge is -2.09. The first kappa shape index (κ1) is 21.3. The van der Waals surface area contributed by atoms with Gasteiger partial charge in [0.25, 0.3) is 0 Å². The summed E-state index contributed by atoms with van der Waals surface area (Å²) in [6.45, 7) is 5.87. The average Bonchev–Trinajstić information content (AvgIpc) is 3.45. The Labute approximate surface area is 188 Å². The first-order valence-electron chi connectivity index (χ1n) is 9.76. The summed E-state index contributed by atoms with van der Waals surface area (Å²) in [5.41, 5.74) is 4.98. The van der Waals surface area contributed by atoms with Gasteiger partial charge in [0.05, 0.1) is 42.6 Å². The zero-order valence-electron chi connectivity index (χ0n) is 18.3. The van der Waals surface area contributed by atoms with Crippen LogP contribution in [0.5, 0.6) is 5.88 Å². The number of imidazole rings is 1. The zero-order valence-corrected chi connectivity index (χ0v) is 19.1. The Hall–Kier alpha value is -3.90. The van der Waals surface area contributed by atoms with Crippen molar-refractivity contribution in [1.29, 1.82) is 5.26 Å². The van der Waals surface area contributed by atoms with E-state index >= 15 is 0 Å². The summed E-state index contributed by atoms with van der Waals surface area (Å²) in [5.74, 6) is 0.525. The van der Waals surface area contributed by atoms with Crippen LogP contribution in [0, 0.1) is 32.1 Å². The van der Waals surface area contributed by atoms with E-state index in [1.54, 1.807) is 25.4 Å². The molecule has 0 amide bonds. The molecule has 4 aromatic heterocycles. The molecule has 4 aromatic rings. The molecular weight excluding hydrogens is 426 g/mol. The first-order valence-corrected chi connectivity index (χ1v) is 10.6. The number of aromatic nitrogens is 4. The molecule has 0 saturated carbocycles. The van der Waals surface area contributed by atoms with Crippen LogP contribution in [0.1, 0.15) is 38.0 Å². The van der Waals surface area contributed by atoms with Crippen molar-refractivity contribution >= 4 is 40.0 Å². The fourth-order valence-electron chi connectivity index (χ4n) is 3.61. The maximum atomic E-state index is 12.3. The van der Waals surface area contributed by atoms with Crippen molar-refractivity contribution in [3.63, 3.8) is 0 Å². The largest absolute Gasteiger partial charge is 0.481 e. The fraction of sp³-hybridized carbons (Fsp3) is 0.217. The van der Waals surface area contributed by atoms with Gasteiger partial charge in [0.15, 0.2) is 0 Å². The predicted molar refractivity (Wildman–Crippen MR) is 123 cm³/mol. The van der Waals surface area contributed by atoms with E-state index in [9.17, 15) is 10.1 Å². The summed E-state index contributed by atoms with van der Waals surface area (Å²) in [5, 5.41) is 10.6. The summed E-state index contributed by atoms with van der Waals surface area (Å²) < 4.78 is 12.1. The summed E-state index contributed by atoms with van der Waals surface area (Å²) in [6.07, 6.45) is 3.42.